The smallest absolute Gasteiger partial charge is 0.257 e. The molecule has 1 heterocycles. The summed E-state index contributed by atoms with van der Waals surface area (Å²) in [7, 11) is 0. The fourth-order valence-electron chi connectivity index (χ4n) is 3.81. The molecule has 0 spiro atoms. The molecule has 6 heteroatoms. The van der Waals surface area contributed by atoms with Gasteiger partial charge in [-0.15, -0.1) is 0 Å². The lowest BCUT2D eigenvalue weighted by molar-refractivity contribution is -0.122. The summed E-state index contributed by atoms with van der Waals surface area (Å²) in [6.45, 7) is 0. The van der Waals surface area contributed by atoms with Gasteiger partial charge in [-0.1, -0.05) is 24.4 Å². The van der Waals surface area contributed by atoms with Crippen LogP contribution in [0.3, 0.4) is 0 Å². The van der Waals surface area contributed by atoms with E-state index in [1.165, 1.54) is 17.0 Å². The van der Waals surface area contributed by atoms with Gasteiger partial charge in [-0.3, -0.25) is 9.59 Å². The number of carbonyl (C=O) groups excluding carboxylic acids is 2. The number of likely N-dealkylation sites (tertiary alicyclic amines) is 1. The molecular formula is C16H18ClFN2O2. The van der Waals surface area contributed by atoms with Gasteiger partial charge in [-0.2, -0.15) is 0 Å². The maximum atomic E-state index is 14.1. The molecule has 2 aliphatic rings. The van der Waals surface area contributed by atoms with Gasteiger partial charge < -0.3 is 10.6 Å². The molecule has 4 nitrogen and oxygen atoms in total. The van der Waals surface area contributed by atoms with E-state index in [1.807, 2.05) is 0 Å². The van der Waals surface area contributed by atoms with E-state index in [9.17, 15) is 14.0 Å². The van der Waals surface area contributed by atoms with Crippen molar-refractivity contribution in [1.29, 1.82) is 0 Å². The Morgan fingerprint density at radius 2 is 2.00 bits per heavy atom. The summed E-state index contributed by atoms with van der Waals surface area (Å²) in [6, 6.07) is 3.30. The van der Waals surface area contributed by atoms with Crippen LogP contribution in [0.25, 0.3) is 0 Å². The summed E-state index contributed by atoms with van der Waals surface area (Å²) in [6.07, 6.45) is 4.53. The van der Waals surface area contributed by atoms with E-state index in [-0.39, 0.29) is 22.5 Å². The van der Waals surface area contributed by atoms with Gasteiger partial charge >= 0.3 is 0 Å². The maximum Gasteiger partial charge on any atom is 0.257 e. The van der Waals surface area contributed by atoms with Gasteiger partial charge in [-0.05, 0) is 43.4 Å². The predicted octanol–water partition coefficient (Wildman–Crippen LogP) is 2.74. The number of nitrogens with two attached hydrogens (primary N) is 1. The third kappa shape index (κ3) is 2.58. The number of halogens is 2. The number of rotatable bonds is 2. The SMILES string of the molecule is NC(=O)[C@@H]1C[C@@H]2CCCC[C@@H]2N1C(=O)c1ccc(Cl)cc1F. The number of nitrogens with zero attached hydrogens (tertiary/aromatic N) is 1. The van der Waals surface area contributed by atoms with E-state index in [0.717, 1.165) is 31.7 Å². The minimum Gasteiger partial charge on any atom is -0.368 e. The quantitative estimate of drug-likeness (QED) is 0.909. The lowest BCUT2D eigenvalue weighted by atomic mass is 9.84. The molecule has 2 amide bonds. The average Bonchev–Trinajstić information content (AvgIpc) is 2.86. The van der Waals surface area contributed by atoms with E-state index < -0.39 is 23.7 Å². The van der Waals surface area contributed by atoms with Crippen LogP contribution in [0.4, 0.5) is 4.39 Å². The summed E-state index contributed by atoms with van der Waals surface area (Å²) in [5.41, 5.74) is 5.42. The molecule has 1 aliphatic carbocycles. The summed E-state index contributed by atoms with van der Waals surface area (Å²) in [5, 5.41) is 0.234. The van der Waals surface area contributed by atoms with Crippen molar-refractivity contribution >= 4 is 23.4 Å². The third-order valence-corrected chi connectivity index (χ3v) is 5.05. The van der Waals surface area contributed by atoms with E-state index in [1.54, 1.807) is 0 Å². The molecule has 2 fully saturated rings. The van der Waals surface area contributed by atoms with Crippen LogP contribution >= 0.6 is 11.6 Å². The first-order valence-corrected chi connectivity index (χ1v) is 7.94. The molecule has 22 heavy (non-hydrogen) atoms. The maximum absolute atomic E-state index is 14.1. The normalized spacial score (nSPS) is 27.5. The number of hydrogen-bond donors (Lipinski definition) is 1. The molecule has 0 radical (unpaired) electrons. The summed E-state index contributed by atoms with van der Waals surface area (Å²) < 4.78 is 14.1. The van der Waals surface area contributed by atoms with Crippen LogP contribution in [0, 0.1) is 11.7 Å². The highest BCUT2D eigenvalue weighted by Crippen LogP contribution is 2.40. The van der Waals surface area contributed by atoms with E-state index in [2.05, 4.69) is 0 Å². The van der Waals surface area contributed by atoms with Crippen molar-refractivity contribution in [2.75, 3.05) is 0 Å². The van der Waals surface area contributed by atoms with Crippen molar-refractivity contribution in [3.63, 3.8) is 0 Å². The van der Waals surface area contributed by atoms with Crippen molar-refractivity contribution in [2.45, 2.75) is 44.2 Å². The predicted molar refractivity (Wildman–Crippen MR) is 80.9 cm³/mol. The molecule has 1 aromatic rings. The van der Waals surface area contributed by atoms with Crippen LogP contribution in [0.15, 0.2) is 18.2 Å². The van der Waals surface area contributed by atoms with Crippen molar-refractivity contribution in [3.05, 3.63) is 34.6 Å². The van der Waals surface area contributed by atoms with Gasteiger partial charge in [0.05, 0.1) is 5.56 Å². The van der Waals surface area contributed by atoms with Crippen LogP contribution in [-0.2, 0) is 4.79 Å². The third-order valence-electron chi connectivity index (χ3n) is 4.81. The van der Waals surface area contributed by atoms with E-state index in [0.29, 0.717) is 6.42 Å². The van der Waals surface area contributed by atoms with Crippen molar-refractivity contribution in [2.24, 2.45) is 11.7 Å². The topological polar surface area (TPSA) is 63.4 Å². The first-order valence-electron chi connectivity index (χ1n) is 7.56. The zero-order chi connectivity index (χ0) is 15.9. The first kappa shape index (κ1) is 15.3. The van der Waals surface area contributed by atoms with E-state index in [4.69, 9.17) is 17.3 Å². The fourth-order valence-corrected chi connectivity index (χ4v) is 3.97. The molecule has 3 rings (SSSR count). The Bertz CT molecular complexity index is 622. The Kier molecular flexibility index (Phi) is 4.08. The Morgan fingerprint density at radius 3 is 2.68 bits per heavy atom. The van der Waals surface area contributed by atoms with Gasteiger partial charge in [0.15, 0.2) is 0 Å². The summed E-state index contributed by atoms with van der Waals surface area (Å²) in [4.78, 5) is 26.0. The van der Waals surface area contributed by atoms with Crippen LogP contribution in [0.2, 0.25) is 5.02 Å². The van der Waals surface area contributed by atoms with Crippen LogP contribution < -0.4 is 5.73 Å². The standard InChI is InChI=1S/C16H18ClFN2O2/c17-10-5-6-11(12(18)8-10)16(22)20-13-4-2-1-3-9(13)7-14(20)15(19)21/h5-6,8-9,13-14H,1-4,7H2,(H2,19,21)/t9-,13-,14-/m0/s1. The van der Waals surface area contributed by atoms with E-state index >= 15 is 0 Å². The molecule has 3 atom stereocenters. The Hall–Kier alpha value is -1.62. The van der Waals surface area contributed by atoms with Crippen molar-refractivity contribution in [3.8, 4) is 0 Å². The first-order chi connectivity index (χ1) is 10.5. The lowest BCUT2D eigenvalue weighted by Crippen LogP contribution is -2.48. The lowest BCUT2D eigenvalue weighted by Gasteiger charge is -2.33. The van der Waals surface area contributed by atoms with Crippen molar-refractivity contribution in [1.82, 2.24) is 4.90 Å². The Morgan fingerprint density at radius 1 is 1.27 bits per heavy atom. The van der Waals surface area contributed by atoms with Gasteiger partial charge in [0.1, 0.15) is 11.9 Å². The molecule has 1 aliphatic heterocycles. The van der Waals surface area contributed by atoms with Gasteiger partial charge in [-0.25, -0.2) is 4.39 Å². The zero-order valence-corrected chi connectivity index (χ0v) is 12.9. The molecule has 1 saturated carbocycles. The highest BCUT2D eigenvalue weighted by Gasteiger charge is 2.47. The Balaban J connectivity index is 1.95. The molecule has 0 bridgehead atoms. The fraction of sp³-hybridized carbons (Fsp3) is 0.500. The molecule has 0 unspecified atom stereocenters. The van der Waals surface area contributed by atoms with Crippen LogP contribution in [-0.4, -0.2) is 28.8 Å². The van der Waals surface area contributed by atoms with Crippen LogP contribution in [0.5, 0.6) is 0 Å². The molecule has 1 aromatic carbocycles. The molecule has 0 aromatic heterocycles. The minimum atomic E-state index is -0.667. The molecular weight excluding hydrogens is 307 g/mol. The van der Waals surface area contributed by atoms with Crippen LogP contribution in [0.1, 0.15) is 42.5 Å². The number of amides is 2. The van der Waals surface area contributed by atoms with Gasteiger partial charge in [0.2, 0.25) is 5.91 Å². The average molecular weight is 325 g/mol. The number of primary amides is 1. The van der Waals surface area contributed by atoms with Crippen molar-refractivity contribution < 1.29 is 14.0 Å². The second-order valence-corrected chi connectivity index (χ2v) is 6.54. The second kappa shape index (κ2) is 5.88. The molecule has 2 N–H and O–H groups in total. The highest BCUT2D eigenvalue weighted by atomic mass is 35.5. The number of fused-ring (bicyclic) bond motifs is 1. The number of benzene rings is 1. The number of carbonyl (C=O) groups is 2. The molecule has 1 saturated heterocycles. The molecule has 118 valence electrons. The zero-order valence-electron chi connectivity index (χ0n) is 12.1. The Labute approximate surface area is 133 Å². The number of hydrogen-bond acceptors (Lipinski definition) is 2. The minimum absolute atomic E-state index is 0.0196. The summed E-state index contributed by atoms with van der Waals surface area (Å²) >= 11 is 5.73. The monoisotopic (exact) mass is 324 g/mol. The van der Waals surface area contributed by atoms with Gasteiger partial charge in [0.25, 0.3) is 5.91 Å². The highest BCUT2D eigenvalue weighted by molar-refractivity contribution is 6.30. The second-order valence-electron chi connectivity index (χ2n) is 6.10. The summed E-state index contributed by atoms with van der Waals surface area (Å²) in [5.74, 6) is -1.37. The van der Waals surface area contributed by atoms with Gasteiger partial charge in [0, 0.05) is 11.1 Å². The largest absolute Gasteiger partial charge is 0.368 e.